The minimum absolute atomic E-state index is 0.0750. The van der Waals surface area contributed by atoms with Gasteiger partial charge in [-0.3, -0.25) is 9.59 Å². The van der Waals surface area contributed by atoms with E-state index in [0.717, 1.165) is 44.7 Å². The average Bonchev–Trinajstić information content (AvgIpc) is 2.89. The highest BCUT2D eigenvalue weighted by Crippen LogP contribution is 2.20. The van der Waals surface area contributed by atoms with Gasteiger partial charge in [-0.15, -0.1) is 12.6 Å². The lowest BCUT2D eigenvalue weighted by molar-refractivity contribution is -0.135. The number of amides is 3. The summed E-state index contributed by atoms with van der Waals surface area (Å²) in [6, 6.07) is 7.37. The minimum Gasteiger partial charge on any atom is -0.445 e. The number of nitrogens with one attached hydrogen (secondary N) is 3. The van der Waals surface area contributed by atoms with Gasteiger partial charge in [-0.1, -0.05) is 51.1 Å². The molecule has 2 rings (SSSR count). The van der Waals surface area contributed by atoms with E-state index in [4.69, 9.17) is 4.74 Å². The number of rotatable bonds is 14. The fraction of sp³-hybridized carbons (Fsp3) is 0.667. The molecule has 4 N–H and O–H groups in total. The molecule has 10 nitrogen and oxygen atoms in total. The third-order valence-electron chi connectivity index (χ3n) is 6.61. The van der Waals surface area contributed by atoms with E-state index in [-0.39, 0.29) is 18.9 Å². The van der Waals surface area contributed by atoms with E-state index in [1.165, 1.54) is 0 Å². The summed E-state index contributed by atoms with van der Waals surface area (Å²) in [4.78, 5) is 40.8. The van der Waals surface area contributed by atoms with E-state index in [1.807, 2.05) is 44.2 Å². The van der Waals surface area contributed by atoms with Crippen LogP contribution >= 0.6 is 12.6 Å². The predicted molar refractivity (Wildman–Crippen MR) is 151 cm³/mol. The second kappa shape index (κ2) is 15.9. The monoisotopic (exact) mass is 551 g/mol. The summed E-state index contributed by atoms with van der Waals surface area (Å²) in [5, 5.41) is 19.0. The van der Waals surface area contributed by atoms with Crippen LogP contribution in [0.5, 0.6) is 0 Å². The summed E-state index contributed by atoms with van der Waals surface area (Å²) in [6.45, 7) is 11.0. The van der Waals surface area contributed by atoms with Gasteiger partial charge in [0.15, 0.2) is 0 Å². The van der Waals surface area contributed by atoms with Crippen molar-refractivity contribution >= 4 is 30.5 Å². The topological polar surface area (TPSA) is 123 Å². The average molecular weight is 552 g/mol. The van der Waals surface area contributed by atoms with Gasteiger partial charge in [0.2, 0.25) is 10.8 Å². The standard InChI is InChI=1S/C27H45N5O5S/c1-5-23(27(36,38)25(34)28-12-9-13-32-16-14-31(4)15-17-32)30-24(33)22(18-20(2)3)29-26(35)37-19-21-10-7-6-8-11-21/h6-8,10-11,20,22-23,36,38H,5,9,12-19H2,1-4H3,(H,28,34)(H,29,35)(H,30,33)/t22-,23-,27+/m0/s1. The number of ether oxygens (including phenoxy) is 1. The van der Waals surface area contributed by atoms with Gasteiger partial charge < -0.3 is 35.6 Å². The Kier molecular flexibility index (Phi) is 13.4. The first-order chi connectivity index (χ1) is 18.0. The van der Waals surface area contributed by atoms with E-state index in [2.05, 4.69) is 45.4 Å². The van der Waals surface area contributed by atoms with Crippen LogP contribution in [0.1, 0.15) is 45.6 Å². The number of hydrogen-bond acceptors (Lipinski definition) is 8. The molecule has 1 aliphatic heterocycles. The number of carbonyl (C=O) groups is 3. The molecular weight excluding hydrogens is 506 g/mol. The number of benzene rings is 1. The first-order valence-corrected chi connectivity index (χ1v) is 13.9. The molecule has 11 heteroatoms. The summed E-state index contributed by atoms with van der Waals surface area (Å²) < 4.78 is 5.27. The first kappa shape index (κ1) is 31.9. The van der Waals surface area contributed by atoms with Crippen LogP contribution in [0.4, 0.5) is 4.79 Å². The first-order valence-electron chi connectivity index (χ1n) is 13.4. The van der Waals surface area contributed by atoms with Crippen LogP contribution in [0.15, 0.2) is 30.3 Å². The molecule has 1 aromatic rings. The van der Waals surface area contributed by atoms with Crippen LogP contribution in [0.3, 0.4) is 0 Å². The SMILES string of the molecule is CC[C@H](NC(=O)[C@H](CC(C)C)NC(=O)OCc1ccccc1)[C@@](O)(S)C(=O)NCCCN1CCN(C)CC1. The van der Waals surface area contributed by atoms with Gasteiger partial charge in [0.1, 0.15) is 12.6 Å². The molecule has 0 unspecified atom stereocenters. The Morgan fingerprint density at radius 1 is 1.11 bits per heavy atom. The lowest BCUT2D eigenvalue weighted by atomic mass is 10.0. The Morgan fingerprint density at radius 2 is 1.76 bits per heavy atom. The second-order valence-electron chi connectivity index (χ2n) is 10.3. The van der Waals surface area contributed by atoms with Gasteiger partial charge in [-0.25, -0.2) is 4.79 Å². The zero-order valence-corrected chi connectivity index (χ0v) is 24.0. The number of likely N-dealkylation sites (N-methyl/N-ethyl adjacent to an activating group) is 1. The Morgan fingerprint density at radius 3 is 2.37 bits per heavy atom. The van der Waals surface area contributed by atoms with Gasteiger partial charge in [0.25, 0.3) is 5.91 Å². The minimum atomic E-state index is -2.12. The number of carbonyl (C=O) groups excluding carboxylic acids is 3. The van der Waals surface area contributed by atoms with E-state index in [9.17, 15) is 19.5 Å². The van der Waals surface area contributed by atoms with Gasteiger partial charge in [0.05, 0.1) is 6.04 Å². The summed E-state index contributed by atoms with van der Waals surface area (Å²) in [5.41, 5.74) is 0.827. The highest BCUT2D eigenvalue weighted by atomic mass is 32.1. The molecule has 1 aliphatic rings. The number of alkyl carbamates (subject to hydrolysis) is 1. The van der Waals surface area contributed by atoms with Crippen molar-refractivity contribution in [1.82, 2.24) is 25.8 Å². The Hall–Kier alpha value is -2.34. The van der Waals surface area contributed by atoms with Crippen molar-refractivity contribution in [2.24, 2.45) is 5.92 Å². The Balaban J connectivity index is 1.87. The van der Waals surface area contributed by atoms with Crippen LogP contribution in [0.2, 0.25) is 0 Å². The number of hydrogen-bond donors (Lipinski definition) is 5. The summed E-state index contributed by atoms with van der Waals surface area (Å²) in [6.07, 6.45) is 0.634. The molecule has 1 fully saturated rings. The molecule has 0 aromatic heterocycles. The quantitative estimate of drug-likeness (QED) is 0.135. The molecule has 3 amide bonds. The maximum Gasteiger partial charge on any atom is 0.408 e. The lowest BCUT2D eigenvalue weighted by Crippen LogP contribution is -2.60. The van der Waals surface area contributed by atoms with Crippen LogP contribution in [0.25, 0.3) is 0 Å². The largest absolute Gasteiger partial charge is 0.445 e. The number of piperazine rings is 1. The third-order valence-corrected chi connectivity index (χ3v) is 7.12. The van der Waals surface area contributed by atoms with E-state index in [1.54, 1.807) is 6.92 Å². The molecule has 1 aromatic carbocycles. The van der Waals surface area contributed by atoms with Crippen molar-refractivity contribution in [1.29, 1.82) is 0 Å². The van der Waals surface area contributed by atoms with Crippen LogP contribution in [0, 0.1) is 5.92 Å². The zero-order chi connectivity index (χ0) is 28.1. The van der Waals surface area contributed by atoms with Crippen molar-refractivity contribution in [3.63, 3.8) is 0 Å². The lowest BCUT2D eigenvalue weighted by Gasteiger charge is -2.33. The van der Waals surface area contributed by atoms with E-state index in [0.29, 0.717) is 13.0 Å². The number of aliphatic hydroxyl groups is 1. The van der Waals surface area contributed by atoms with Crippen molar-refractivity contribution in [2.45, 2.75) is 63.7 Å². The van der Waals surface area contributed by atoms with Crippen LogP contribution in [-0.4, -0.2) is 96.1 Å². The Bertz CT molecular complexity index is 878. The summed E-state index contributed by atoms with van der Waals surface area (Å²) in [5.74, 6) is -1.08. The van der Waals surface area contributed by atoms with Crippen molar-refractivity contribution in [2.75, 3.05) is 46.3 Å². The van der Waals surface area contributed by atoms with Crippen LogP contribution in [-0.2, 0) is 20.9 Å². The zero-order valence-electron chi connectivity index (χ0n) is 23.1. The van der Waals surface area contributed by atoms with Crippen molar-refractivity contribution in [3.05, 3.63) is 35.9 Å². The molecule has 1 saturated heterocycles. The molecule has 0 spiro atoms. The molecule has 3 atom stereocenters. The summed E-state index contributed by atoms with van der Waals surface area (Å²) in [7, 11) is 2.10. The number of thiol groups is 1. The van der Waals surface area contributed by atoms with Crippen LogP contribution < -0.4 is 16.0 Å². The van der Waals surface area contributed by atoms with Gasteiger partial charge in [0, 0.05) is 32.7 Å². The molecule has 0 radical (unpaired) electrons. The van der Waals surface area contributed by atoms with Gasteiger partial charge in [-0.2, -0.15) is 0 Å². The van der Waals surface area contributed by atoms with E-state index >= 15 is 0 Å². The molecular formula is C27H45N5O5S. The predicted octanol–water partition coefficient (Wildman–Crippen LogP) is 1.59. The van der Waals surface area contributed by atoms with E-state index < -0.39 is 34.9 Å². The normalized spacial score (nSPS) is 17.8. The molecule has 0 aliphatic carbocycles. The maximum absolute atomic E-state index is 13.1. The molecule has 214 valence electrons. The van der Waals surface area contributed by atoms with Gasteiger partial charge in [-0.05, 0) is 44.3 Å². The summed E-state index contributed by atoms with van der Waals surface area (Å²) >= 11 is 4.23. The van der Waals surface area contributed by atoms with Crippen molar-refractivity contribution in [3.8, 4) is 0 Å². The highest BCUT2D eigenvalue weighted by molar-refractivity contribution is 7.82. The molecule has 1 heterocycles. The maximum atomic E-state index is 13.1. The molecule has 0 bridgehead atoms. The fourth-order valence-electron chi connectivity index (χ4n) is 4.23. The van der Waals surface area contributed by atoms with Gasteiger partial charge >= 0.3 is 6.09 Å². The Labute approximate surface area is 232 Å². The smallest absolute Gasteiger partial charge is 0.408 e. The molecule has 0 saturated carbocycles. The number of nitrogens with zero attached hydrogens (tertiary/aromatic N) is 2. The second-order valence-corrected chi connectivity index (χ2v) is 11.0. The fourth-order valence-corrected chi connectivity index (χ4v) is 4.56. The molecule has 38 heavy (non-hydrogen) atoms. The highest BCUT2D eigenvalue weighted by Gasteiger charge is 2.41. The van der Waals surface area contributed by atoms with Crippen molar-refractivity contribution < 1.29 is 24.2 Å². The third kappa shape index (κ3) is 10.8.